The lowest BCUT2D eigenvalue weighted by molar-refractivity contribution is -0.150. The van der Waals surface area contributed by atoms with Gasteiger partial charge >= 0.3 is 11.9 Å². The van der Waals surface area contributed by atoms with E-state index < -0.39 is 0 Å². The van der Waals surface area contributed by atoms with Crippen molar-refractivity contribution in [1.82, 2.24) is 0 Å². The minimum absolute atomic E-state index is 0.0146. The number of esters is 2. The molecule has 0 aromatic heterocycles. The zero-order valence-electron chi connectivity index (χ0n) is 18.7. The fraction of sp³-hybridized carbons (Fsp3) is 0.913. The molecule has 0 N–H and O–H groups in total. The number of ether oxygens (including phenoxy) is 2. The molecule has 4 heteroatoms. The zero-order chi connectivity index (χ0) is 20.7. The summed E-state index contributed by atoms with van der Waals surface area (Å²) in [6, 6.07) is 0. The van der Waals surface area contributed by atoms with Gasteiger partial charge in [-0.2, -0.15) is 0 Å². The molecule has 0 radical (unpaired) electrons. The average Bonchev–Trinajstić information content (AvgIpc) is 2.61. The fourth-order valence-electron chi connectivity index (χ4n) is 2.81. The standard InChI is InChI=1S/C23H44O4/c1-18(2)16-26-22(24)15-13-11-9-7-8-10-12-14-20(5)21(6)23(25)27-17-19(3)4/h18-21H,7-17H2,1-6H3. The van der Waals surface area contributed by atoms with Crippen LogP contribution in [0.5, 0.6) is 0 Å². The molecule has 0 bridgehead atoms. The van der Waals surface area contributed by atoms with Gasteiger partial charge in [0.2, 0.25) is 0 Å². The van der Waals surface area contributed by atoms with Crippen LogP contribution in [-0.2, 0) is 19.1 Å². The van der Waals surface area contributed by atoms with E-state index in [1.807, 2.05) is 20.8 Å². The van der Waals surface area contributed by atoms with E-state index in [2.05, 4.69) is 20.8 Å². The molecule has 0 aliphatic heterocycles. The Labute approximate surface area is 167 Å². The van der Waals surface area contributed by atoms with E-state index >= 15 is 0 Å². The van der Waals surface area contributed by atoms with Crippen LogP contribution >= 0.6 is 0 Å². The Kier molecular flexibility index (Phi) is 15.3. The number of rotatable bonds is 16. The van der Waals surface area contributed by atoms with Crippen molar-refractivity contribution in [3.8, 4) is 0 Å². The molecule has 0 aromatic rings. The summed E-state index contributed by atoms with van der Waals surface area (Å²) in [5, 5.41) is 0. The summed E-state index contributed by atoms with van der Waals surface area (Å²) in [5.74, 6) is 1.05. The zero-order valence-corrected chi connectivity index (χ0v) is 18.7. The van der Waals surface area contributed by atoms with Crippen LogP contribution in [0.2, 0.25) is 0 Å². The van der Waals surface area contributed by atoms with E-state index in [9.17, 15) is 9.59 Å². The van der Waals surface area contributed by atoms with Crippen molar-refractivity contribution < 1.29 is 19.1 Å². The monoisotopic (exact) mass is 384 g/mol. The first kappa shape index (κ1) is 25.9. The lowest BCUT2D eigenvalue weighted by Crippen LogP contribution is -2.23. The number of hydrogen-bond donors (Lipinski definition) is 0. The van der Waals surface area contributed by atoms with Crippen molar-refractivity contribution in [3.05, 3.63) is 0 Å². The van der Waals surface area contributed by atoms with Gasteiger partial charge in [0.25, 0.3) is 0 Å². The van der Waals surface area contributed by atoms with E-state index in [0.29, 0.717) is 37.4 Å². The van der Waals surface area contributed by atoms with Gasteiger partial charge in [0, 0.05) is 6.42 Å². The minimum atomic E-state index is -0.0567. The Bertz CT molecular complexity index is 390. The molecular formula is C23H44O4. The van der Waals surface area contributed by atoms with Crippen LogP contribution < -0.4 is 0 Å². The molecule has 0 spiro atoms. The third-order valence-corrected chi connectivity index (χ3v) is 4.90. The lowest BCUT2D eigenvalue weighted by Gasteiger charge is -2.19. The first-order chi connectivity index (χ1) is 12.7. The maximum Gasteiger partial charge on any atom is 0.308 e. The molecule has 0 rings (SSSR count). The Morgan fingerprint density at radius 3 is 1.70 bits per heavy atom. The summed E-state index contributed by atoms with van der Waals surface area (Å²) in [7, 11) is 0. The van der Waals surface area contributed by atoms with E-state index in [-0.39, 0.29) is 17.9 Å². The van der Waals surface area contributed by atoms with Gasteiger partial charge in [-0.15, -0.1) is 0 Å². The second kappa shape index (κ2) is 15.9. The highest BCUT2D eigenvalue weighted by Crippen LogP contribution is 2.21. The predicted molar refractivity (Wildman–Crippen MR) is 111 cm³/mol. The molecule has 0 saturated carbocycles. The summed E-state index contributed by atoms with van der Waals surface area (Å²) in [6.45, 7) is 13.4. The second-order valence-electron chi connectivity index (χ2n) is 8.88. The van der Waals surface area contributed by atoms with Gasteiger partial charge in [-0.25, -0.2) is 0 Å². The maximum absolute atomic E-state index is 12.0. The normalized spacial score (nSPS) is 13.6. The maximum atomic E-state index is 12.0. The molecule has 0 aliphatic carbocycles. The van der Waals surface area contributed by atoms with Crippen LogP contribution in [0.15, 0.2) is 0 Å². The largest absolute Gasteiger partial charge is 0.465 e. The average molecular weight is 385 g/mol. The molecule has 2 atom stereocenters. The van der Waals surface area contributed by atoms with Crippen LogP contribution in [0.3, 0.4) is 0 Å². The highest BCUT2D eigenvalue weighted by Gasteiger charge is 2.21. The van der Waals surface area contributed by atoms with E-state index in [1.54, 1.807) is 0 Å². The highest BCUT2D eigenvalue weighted by atomic mass is 16.5. The van der Waals surface area contributed by atoms with E-state index in [0.717, 1.165) is 19.3 Å². The van der Waals surface area contributed by atoms with Crippen LogP contribution in [0, 0.1) is 23.7 Å². The van der Waals surface area contributed by atoms with Gasteiger partial charge < -0.3 is 9.47 Å². The molecule has 4 nitrogen and oxygen atoms in total. The molecule has 0 heterocycles. The summed E-state index contributed by atoms with van der Waals surface area (Å²) in [6.07, 6.45) is 9.70. The Balaban J connectivity index is 3.55. The molecule has 0 saturated heterocycles. The number of hydrogen-bond acceptors (Lipinski definition) is 4. The van der Waals surface area contributed by atoms with Crippen molar-refractivity contribution >= 4 is 11.9 Å². The van der Waals surface area contributed by atoms with E-state index in [4.69, 9.17) is 9.47 Å². The van der Waals surface area contributed by atoms with Gasteiger partial charge in [-0.3, -0.25) is 9.59 Å². The van der Waals surface area contributed by atoms with Crippen molar-refractivity contribution in [3.63, 3.8) is 0 Å². The molecule has 0 fully saturated rings. The number of carbonyl (C=O) groups excluding carboxylic acids is 2. The smallest absolute Gasteiger partial charge is 0.308 e. The number of unbranched alkanes of at least 4 members (excludes halogenated alkanes) is 6. The summed E-state index contributed by atoms with van der Waals surface area (Å²) >= 11 is 0. The molecule has 0 aromatic carbocycles. The second-order valence-corrected chi connectivity index (χ2v) is 8.88. The van der Waals surface area contributed by atoms with Crippen molar-refractivity contribution in [2.24, 2.45) is 23.7 Å². The van der Waals surface area contributed by atoms with Gasteiger partial charge in [0.15, 0.2) is 0 Å². The van der Waals surface area contributed by atoms with Gasteiger partial charge in [0.05, 0.1) is 19.1 Å². The first-order valence-corrected chi connectivity index (χ1v) is 11.1. The topological polar surface area (TPSA) is 52.6 Å². The van der Waals surface area contributed by atoms with E-state index in [1.165, 1.54) is 32.1 Å². The molecule has 2 unspecified atom stereocenters. The Hall–Kier alpha value is -1.06. The molecular weight excluding hydrogens is 340 g/mol. The quantitative estimate of drug-likeness (QED) is 0.236. The van der Waals surface area contributed by atoms with Crippen LogP contribution in [0.1, 0.15) is 99.3 Å². The predicted octanol–water partition coefficient (Wildman–Crippen LogP) is 6.17. The molecule has 160 valence electrons. The van der Waals surface area contributed by atoms with Crippen molar-refractivity contribution in [2.45, 2.75) is 99.3 Å². The van der Waals surface area contributed by atoms with Crippen LogP contribution in [0.4, 0.5) is 0 Å². The summed E-state index contributed by atoms with van der Waals surface area (Å²) in [4.78, 5) is 23.5. The third-order valence-electron chi connectivity index (χ3n) is 4.90. The summed E-state index contributed by atoms with van der Waals surface area (Å²) in [5.41, 5.74) is 0. The molecule has 0 amide bonds. The van der Waals surface area contributed by atoms with Gasteiger partial charge in [-0.05, 0) is 30.6 Å². The van der Waals surface area contributed by atoms with Gasteiger partial charge in [-0.1, -0.05) is 80.1 Å². The highest BCUT2D eigenvalue weighted by molar-refractivity contribution is 5.72. The lowest BCUT2D eigenvalue weighted by atomic mass is 9.90. The van der Waals surface area contributed by atoms with Crippen LogP contribution in [0.25, 0.3) is 0 Å². The molecule has 0 aliphatic rings. The Morgan fingerprint density at radius 2 is 1.15 bits per heavy atom. The Morgan fingerprint density at radius 1 is 0.667 bits per heavy atom. The first-order valence-electron chi connectivity index (χ1n) is 11.1. The van der Waals surface area contributed by atoms with Crippen LogP contribution in [-0.4, -0.2) is 25.2 Å². The summed E-state index contributed by atoms with van der Waals surface area (Å²) < 4.78 is 10.5. The number of carbonyl (C=O) groups is 2. The minimum Gasteiger partial charge on any atom is -0.465 e. The molecule has 27 heavy (non-hydrogen) atoms. The van der Waals surface area contributed by atoms with Gasteiger partial charge in [0.1, 0.15) is 0 Å². The fourth-order valence-corrected chi connectivity index (χ4v) is 2.81. The SMILES string of the molecule is CC(C)COC(=O)CCCCCCCCCC(C)C(C)C(=O)OCC(C)C. The third kappa shape index (κ3) is 15.7. The van der Waals surface area contributed by atoms with Crippen molar-refractivity contribution in [2.75, 3.05) is 13.2 Å². The van der Waals surface area contributed by atoms with Crippen molar-refractivity contribution in [1.29, 1.82) is 0 Å².